The van der Waals surface area contributed by atoms with Crippen LogP contribution in [0.25, 0.3) is 33.9 Å². The minimum absolute atomic E-state index is 0.144. The summed E-state index contributed by atoms with van der Waals surface area (Å²) in [5.74, 6) is 0.340. The third-order valence-electron chi connectivity index (χ3n) is 4.51. The number of amides is 1. The quantitative estimate of drug-likeness (QED) is 0.429. The molecule has 1 N–H and O–H groups in total. The van der Waals surface area contributed by atoms with Crippen LogP contribution in [-0.2, 0) is 0 Å². The van der Waals surface area contributed by atoms with Gasteiger partial charge in [0, 0.05) is 23.6 Å². The van der Waals surface area contributed by atoms with Crippen molar-refractivity contribution in [1.29, 1.82) is 0 Å². The Labute approximate surface area is 170 Å². The molecule has 3 heterocycles. The highest BCUT2D eigenvalue weighted by molar-refractivity contribution is 6.03. The van der Waals surface area contributed by atoms with Crippen LogP contribution in [0.15, 0.2) is 88.0 Å². The number of fused-ring (bicyclic) bond motifs is 1. The van der Waals surface area contributed by atoms with Crippen molar-refractivity contribution in [3.8, 4) is 22.8 Å². The molecule has 0 saturated heterocycles. The predicted octanol–water partition coefficient (Wildman–Crippen LogP) is 5.54. The smallest absolute Gasteiger partial charge is 0.291 e. The summed E-state index contributed by atoms with van der Waals surface area (Å²) in [6, 6.07) is 18.0. The van der Waals surface area contributed by atoms with Gasteiger partial charge in [0.25, 0.3) is 5.91 Å². The number of carbonyl (C=O) groups excluding carboxylic acids is 1. The van der Waals surface area contributed by atoms with Crippen LogP contribution in [0.2, 0.25) is 0 Å². The van der Waals surface area contributed by atoms with E-state index >= 15 is 0 Å². The maximum Gasteiger partial charge on any atom is 0.291 e. The molecule has 0 atom stereocenters. The number of aromatic nitrogens is 2. The molecule has 3 aromatic heterocycles. The lowest BCUT2D eigenvalue weighted by molar-refractivity contribution is 0.0997. The molecule has 7 heteroatoms. The van der Waals surface area contributed by atoms with Gasteiger partial charge >= 0.3 is 0 Å². The molecule has 1 amide bonds. The number of rotatable bonds is 4. The number of benzene rings is 2. The average Bonchev–Trinajstić information content (AvgIpc) is 3.42. The van der Waals surface area contributed by atoms with Gasteiger partial charge in [0.2, 0.25) is 5.89 Å². The van der Waals surface area contributed by atoms with Crippen molar-refractivity contribution < 1.29 is 18.0 Å². The summed E-state index contributed by atoms with van der Waals surface area (Å²) in [6.07, 6.45) is 3.35. The van der Waals surface area contributed by atoms with Crippen molar-refractivity contribution in [2.45, 2.75) is 0 Å². The van der Waals surface area contributed by atoms with Crippen LogP contribution >= 0.6 is 0 Å². The number of anilines is 1. The first-order chi connectivity index (χ1) is 14.7. The lowest BCUT2D eigenvalue weighted by Gasteiger charge is -2.02. The molecular formula is C23H14FN3O3. The molecule has 146 valence electrons. The van der Waals surface area contributed by atoms with E-state index < -0.39 is 5.91 Å². The van der Waals surface area contributed by atoms with Gasteiger partial charge < -0.3 is 14.2 Å². The third-order valence-corrected chi connectivity index (χ3v) is 4.51. The van der Waals surface area contributed by atoms with Crippen LogP contribution in [0.1, 0.15) is 10.6 Å². The number of oxazole rings is 1. The highest BCUT2D eigenvalue weighted by Crippen LogP contribution is 2.27. The summed E-state index contributed by atoms with van der Waals surface area (Å²) in [6.45, 7) is 0. The number of nitrogens with one attached hydrogen (secondary N) is 1. The molecule has 0 aliphatic rings. The molecular weight excluding hydrogens is 385 g/mol. The first-order valence-corrected chi connectivity index (χ1v) is 9.14. The molecule has 0 aliphatic heterocycles. The van der Waals surface area contributed by atoms with Crippen LogP contribution in [0.3, 0.4) is 0 Å². The molecule has 5 rings (SSSR count). The SMILES string of the molecule is O=C(Nc1ccc2oc(-c3cccnc3)nc2c1)c1ccc(-c2ccc(F)cc2)o1. The van der Waals surface area contributed by atoms with Gasteiger partial charge in [0.1, 0.15) is 17.1 Å². The fourth-order valence-electron chi connectivity index (χ4n) is 3.04. The van der Waals surface area contributed by atoms with Crippen LogP contribution in [0.4, 0.5) is 10.1 Å². The molecule has 0 fully saturated rings. The molecule has 30 heavy (non-hydrogen) atoms. The fourth-order valence-corrected chi connectivity index (χ4v) is 3.04. The zero-order valence-electron chi connectivity index (χ0n) is 15.5. The highest BCUT2D eigenvalue weighted by atomic mass is 19.1. The van der Waals surface area contributed by atoms with Crippen molar-refractivity contribution in [3.63, 3.8) is 0 Å². The molecule has 2 aromatic carbocycles. The molecule has 0 saturated carbocycles. The second-order valence-electron chi connectivity index (χ2n) is 6.57. The van der Waals surface area contributed by atoms with Gasteiger partial charge in [-0.05, 0) is 66.7 Å². The number of hydrogen-bond acceptors (Lipinski definition) is 5. The van der Waals surface area contributed by atoms with Crippen molar-refractivity contribution in [1.82, 2.24) is 9.97 Å². The summed E-state index contributed by atoms with van der Waals surface area (Å²) in [4.78, 5) is 21.1. The molecule has 0 radical (unpaired) electrons. The Morgan fingerprint density at radius 3 is 2.60 bits per heavy atom. The van der Waals surface area contributed by atoms with Crippen LogP contribution in [-0.4, -0.2) is 15.9 Å². The first kappa shape index (κ1) is 17.8. The van der Waals surface area contributed by atoms with Crippen molar-refractivity contribution in [3.05, 3.63) is 90.7 Å². The normalized spacial score (nSPS) is 11.0. The van der Waals surface area contributed by atoms with Crippen molar-refractivity contribution in [2.24, 2.45) is 0 Å². The Balaban J connectivity index is 1.36. The summed E-state index contributed by atoms with van der Waals surface area (Å²) in [7, 11) is 0. The Morgan fingerprint density at radius 1 is 0.933 bits per heavy atom. The summed E-state index contributed by atoms with van der Waals surface area (Å²) in [5, 5.41) is 2.79. The second-order valence-corrected chi connectivity index (χ2v) is 6.57. The predicted molar refractivity (Wildman–Crippen MR) is 109 cm³/mol. The Morgan fingerprint density at radius 2 is 1.80 bits per heavy atom. The molecule has 6 nitrogen and oxygen atoms in total. The Hall–Kier alpha value is -4.26. The minimum atomic E-state index is -0.404. The number of furan rings is 1. The monoisotopic (exact) mass is 399 g/mol. The number of halogens is 1. The van der Waals surface area contributed by atoms with Crippen LogP contribution < -0.4 is 5.32 Å². The molecule has 5 aromatic rings. The van der Waals surface area contributed by atoms with Gasteiger partial charge in [-0.1, -0.05) is 0 Å². The third kappa shape index (κ3) is 3.44. The van der Waals surface area contributed by atoms with Gasteiger partial charge in [-0.15, -0.1) is 0 Å². The summed E-state index contributed by atoms with van der Waals surface area (Å²) in [5.41, 5.74) is 3.21. The molecule has 0 aliphatic carbocycles. The minimum Gasteiger partial charge on any atom is -0.451 e. The standard InChI is InChI=1S/C23H14FN3O3/c24-16-5-3-14(4-6-16)19-9-10-21(29-19)22(28)26-17-7-8-20-18(12-17)27-23(30-20)15-2-1-11-25-13-15/h1-13H,(H,26,28). The van der Waals surface area contributed by atoms with Crippen LogP contribution in [0, 0.1) is 5.82 Å². The van der Waals surface area contributed by atoms with E-state index in [0.29, 0.717) is 34.0 Å². The summed E-state index contributed by atoms with van der Waals surface area (Å²) >= 11 is 0. The van der Waals surface area contributed by atoms with Gasteiger partial charge in [0.15, 0.2) is 11.3 Å². The van der Waals surface area contributed by atoms with E-state index in [4.69, 9.17) is 8.83 Å². The molecule has 0 unspecified atom stereocenters. The Kier molecular flexibility index (Phi) is 4.33. The van der Waals surface area contributed by atoms with Gasteiger partial charge in [0.05, 0.1) is 5.56 Å². The van der Waals surface area contributed by atoms with Gasteiger partial charge in [-0.3, -0.25) is 9.78 Å². The topological polar surface area (TPSA) is 81.2 Å². The van der Waals surface area contributed by atoms with E-state index in [-0.39, 0.29) is 11.6 Å². The van der Waals surface area contributed by atoms with Gasteiger partial charge in [-0.2, -0.15) is 0 Å². The zero-order chi connectivity index (χ0) is 20.5. The number of carbonyl (C=O) groups is 1. The van der Waals surface area contributed by atoms with E-state index in [1.165, 1.54) is 12.1 Å². The van der Waals surface area contributed by atoms with E-state index in [1.54, 1.807) is 60.9 Å². The maximum atomic E-state index is 13.1. The second kappa shape index (κ2) is 7.29. The lowest BCUT2D eigenvalue weighted by atomic mass is 10.2. The van der Waals surface area contributed by atoms with E-state index in [9.17, 15) is 9.18 Å². The first-order valence-electron chi connectivity index (χ1n) is 9.14. The molecule has 0 bridgehead atoms. The van der Waals surface area contributed by atoms with E-state index in [0.717, 1.165) is 5.56 Å². The highest BCUT2D eigenvalue weighted by Gasteiger charge is 2.14. The van der Waals surface area contributed by atoms with E-state index in [1.807, 2.05) is 6.07 Å². The fraction of sp³-hybridized carbons (Fsp3) is 0. The molecule has 0 spiro atoms. The number of hydrogen-bond donors (Lipinski definition) is 1. The largest absolute Gasteiger partial charge is 0.451 e. The number of pyridine rings is 1. The van der Waals surface area contributed by atoms with Crippen molar-refractivity contribution >= 4 is 22.7 Å². The number of nitrogens with zero attached hydrogens (tertiary/aromatic N) is 2. The van der Waals surface area contributed by atoms with E-state index in [2.05, 4.69) is 15.3 Å². The summed E-state index contributed by atoms with van der Waals surface area (Å²) < 4.78 is 24.4. The average molecular weight is 399 g/mol. The zero-order valence-corrected chi connectivity index (χ0v) is 15.5. The Bertz CT molecular complexity index is 1340. The van der Waals surface area contributed by atoms with Crippen molar-refractivity contribution in [2.75, 3.05) is 5.32 Å². The maximum absolute atomic E-state index is 13.1. The van der Waals surface area contributed by atoms with Gasteiger partial charge in [-0.25, -0.2) is 9.37 Å². The van der Waals surface area contributed by atoms with Crippen LogP contribution in [0.5, 0.6) is 0 Å². The lowest BCUT2D eigenvalue weighted by Crippen LogP contribution is -2.10.